The summed E-state index contributed by atoms with van der Waals surface area (Å²) in [7, 11) is -3.52. The van der Waals surface area contributed by atoms with Crippen molar-refractivity contribution in [2.75, 3.05) is 30.2 Å². The number of piperidine rings is 1. The van der Waals surface area contributed by atoms with Crippen molar-refractivity contribution in [3.8, 4) is 0 Å². The van der Waals surface area contributed by atoms with Crippen molar-refractivity contribution < 1.29 is 13.2 Å². The Hall–Kier alpha value is -1.80. The van der Waals surface area contributed by atoms with Gasteiger partial charge >= 0.3 is 0 Å². The molecule has 0 aromatic heterocycles. The molecule has 1 N–H and O–H groups in total. The van der Waals surface area contributed by atoms with Crippen molar-refractivity contribution in [1.82, 2.24) is 10.2 Å². The first-order valence-electron chi connectivity index (χ1n) is 11.2. The zero-order valence-electron chi connectivity index (χ0n) is 18.9. The lowest BCUT2D eigenvalue weighted by Gasteiger charge is -2.26. The molecule has 33 heavy (non-hydrogen) atoms. The van der Waals surface area contributed by atoms with E-state index in [4.69, 9.17) is 23.2 Å². The Bertz CT molecular complexity index is 1040. The Kier molecular flexibility index (Phi) is 9.44. The number of carbonyl (C=O) groups excluding carboxylic acids is 1. The maximum atomic E-state index is 12.3. The largest absolute Gasteiger partial charge is 0.352 e. The fourth-order valence-electron chi connectivity index (χ4n) is 3.94. The smallest absolute Gasteiger partial charge is 0.232 e. The normalized spacial score (nSPS) is 14.8. The van der Waals surface area contributed by atoms with E-state index in [1.807, 2.05) is 0 Å². The SMILES string of the molecule is CS(=O)(=O)N(CCCC(=O)NCc1ccc(CN2CCCCC2)cc1)c1ccc(Cl)c(Cl)c1. The van der Waals surface area contributed by atoms with E-state index >= 15 is 0 Å². The maximum Gasteiger partial charge on any atom is 0.232 e. The van der Waals surface area contributed by atoms with Gasteiger partial charge in [-0.2, -0.15) is 0 Å². The third kappa shape index (κ3) is 8.18. The van der Waals surface area contributed by atoms with E-state index < -0.39 is 10.0 Å². The molecule has 0 unspecified atom stereocenters. The molecule has 1 fully saturated rings. The topological polar surface area (TPSA) is 69.7 Å². The highest BCUT2D eigenvalue weighted by Gasteiger charge is 2.18. The average Bonchev–Trinajstić information content (AvgIpc) is 2.78. The predicted molar refractivity (Wildman–Crippen MR) is 135 cm³/mol. The quantitative estimate of drug-likeness (QED) is 0.495. The standard InChI is InChI=1S/C24H31Cl2N3O3S/c1-33(31,32)29(21-11-12-22(25)23(26)16-21)15-5-6-24(30)27-17-19-7-9-20(10-8-19)18-28-13-3-2-4-14-28/h7-12,16H,2-6,13-15,17-18H2,1H3,(H,27,30). The van der Waals surface area contributed by atoms with E-state index in [9.17, 15) is 13.2 Å². The number of amides is 1. The number of nitrogens with zero attached hydrogens (tertiary/aromatic N) is 2. The molecular formula is C24H31Cl2N3O3S. The molecule has 180 valence electrons. The molecule has 1 heterocycles. The molecule has 0 saturated carbocycles. The molecular weight excluding hydrogens is 481 g/mol. The van der Waals surface area contributed by atoms with E-state index in [2.05, 4.69) is 34.5 Å². The highest BCUT2D eigenvalue weighted by atomic mass is 35.5. The Morgan fingerprint density at radius 2 is 1.67 bits per heavy atom. The lowest BCUT2D eigenvalue weighted by molar-refractivity contribution is -0.121. The van der Waals surface area contributed by atoms with Crippen molar-refractivity contribution in [3.63, 3.8) is 0 Å². The monoisotopic (exact) mass is 511 g/mol. The molecule has 0 spiro atoms. The molecule has 0 atom stereocenters. The predicted octanol–water partition coefficient (Wildman–Crippen LogP) is 4.84. The van der Waals surface area contributed by atoms with Gasteiger partial charge in [0, 0.05) is 26.1 Å². The number of nitrogens with one attached hydrogen (secondary N) is 1. The summed E-state index contributed by atoms with van der Waals surface area (Å²) in [5, 5.41) is 3.55. The van der Waals surface area contributed by atoms with Gasteiger partial charge in [-0.15, -0.1) is 0 Å². The molecule has 2 aromatic rings. The first-order valence-corrected chi connectivity index (χ1v) is 13.8. The third-order valence-electron chi connectivity index (χ3n) is 5.72. The molecule has 1 aliphatic heterocycles. The molecule has 1 aliphatic rings. The van der Waals surface area contributed by atoms with Crippen LogP contribution in [0.2, 0.25) is 10.0 Å². The number of anilines is 1. The van der Waals surface area contributed by atoms with E-state index in [1.54, 1.807) is 12.1 Å². The summed E-state index contributed by atoms with van der Waals surface area (Å²) < 4.78 is 25.7. The zero-order valence-corrected chi connectivity index (χ0v) is 21.2. The van der Waals surface area contributed by atoms with Gasteiger partial charge in [0.2, 0.25) is 15.9 Å². The van der Waals surface area contributed by atoms with Crippen molar-refractivity contribution in [1.29, 1.82) is 0 Å². The fourth-order valence-corrected chi connectivity index (χ4v) is 5.19. The van der Waals surface area contributed by atoms with Crippen LogP contribution in [-0.2, 0) is 27.9 Å². The average molecular weight is 513 g/mol. The summed E-state index contributed by atoms with van der Waals surface area (Å²) in [5.74, 6) is -0.116. The van der Waals surface area contributed by atoms with Gasteiger partial charge in [-0.25, -0.2) is 8.42 Å². The lowest BCUT2D eigenvalue weighted by atomic mass is 10.1. The van der Waals surface area contributed by atoms with Gasteiger partial charge in [-0.1, -0.05) is 53.9 Å². The van der Waals surface area contributed by atoms with Crippen molar-refractivity contribution >= 4 is 44.8 Å². The highest BCUT2D eigenvalue weighted by Crippen LogP contribution is 2.28. The van der Waals surface area contributed by atoms with Gasteiger partial charge in [-0.3, -0.25) is 14.0 Å². The van der Waals surface area contributed by atoms with Crippen LogP contribution in [-0.4, -0.2) is 45.1 Å². The van der Waals surface area contributed by atoms with Gasteiger partial charge in [-0.05, 0) is 61.7 Å². The van der Waals surface area contributed by atoms with E-state index in [0.717, 1.165) is 18.4 Å². The summed E-state index contributed by atoms with van der Waals surface area (Å²) in [4.78, 5) is 14.8. The van der Waals surface area contributed by atoms with Crippen molar-refractivity contribution in [3.05, 3.63) is 63.6 Å². The first kappa shape index (κ1) is 25.8. The number of benzene rings is 2. The second kappa shape index (κ2) is 12.1. The van der Waals surface area contributed by atoms with Crippen LogP contribution >= 0.6 is 23.2 Å². The van der Waals surface area contributed by atoms with Crippen LogP contribution in [0.15, 0.2) is 42.5 Å². The van der Waals surface area contributed by atoms with Gasteiger partial charge in [0.1, 0.15) is 0 Å². The van der Waals surface area contributed by atoms with E-state index in [-0.39, 0.29) is 23.9 Å². The number of sulfonamides is 1. The van der Waals surface area contributed by atoms with Crippen LogP contribution < -0.4 is 9.62 Å². The summed E-state index contributed by atoms with van der Waals surface area (Å²) >= 11 is 12.0. The molecule has 9 heteroatoms. The molecule has 6 nitrogen and oxygen atoms in total. The van der Waals surface area contributed by atoms with E-state index in [0.29, 0.717) is 23.7 Å². The summed E-state index contributed by atoms with van der Waals surface area (Å²) in [5.41, 5.74) is 2.76. The number of carbonyl (C=O) groups is 1. The molecule has 1 saturated heterocycles. The molecule has 0 radical (unpaired) electrons. The summed E-state index contributed by atoms with van der Waals surface area (Å²) in [6.07, 6.45) is 5.62. The number of halogens is 2. The molecule has 2 aromatic carbocycles. The Morgan fingerprint density at radius 1 is 1.00 bits per heavy atom. The number of hydrogen-bond acceptors (Lipinski definition) is 4. The summed E-state index contributed by atoms with van der Waals surface area (Å²) in [6.45, 7) is 3.93. The zero-order chi connectivity index (χ0) is 23.8. The highest BCUT2D eigenvalue weighted by molar-refractivity contribution is 7.92. The van der Waals surface area contributed by atoms with Crippen LogP contribution in [0.25, 0.3) is 0 Å². The number of likely N-dealkylation sites (tertiary alicyclic amines) is 1. The minimum Gasteiger partial charge on any atom is -0.352 e. The van der Waals surface area contributed by atoms with Gasteiger partial charge in [0.25, 0.3) is 0 Å². The fraction of sp³-hybridized carbons (Fsp3) is 0.458. The first-order chi connectivity index (χ1) is 15.7. The van der Waals surface area contributed by atoms with Gasteiger partial charge < -0.3 is 5.32 Å². The Morgan fingerprint density at radius 3 is 2.30 bits per heavy atom. The van der Waals surface area contributed by atoms with Gasteiger partial charge in [0.15, 0.2) is 0 Å². The number of rotatable bonds is 10. The second-order valence-electron chi connectivity index (χ2n) is 8.47. The van der Waals surface area contributed by atoms with Crippen LogP contribution in [0.5, 0.6) is 0 Å². The molecule has 3 rings (SSSR count). The molecule has 1 amide bonds. The van der Waals surface area contributed by atoms with Crippen LogP contribution in [0.3, 0.4) is 0 Å². The van der Waals surface area contributed by atoms with E-state index in [1.165, 1.54) is 48.3 Å². The van der Waals surface area contributed by atoms with Crippen LogP contribution in [0, 0.1) is 0 Å². The lowest BCUT2D eigenvalue weighted by Crippen LogP contribution is -2.32. The Labute approximate surface area is 206 Å². The number of hydrogen-bond donors (Lipinski definition) is 1. The Balaban J connectivity index is 1.44. The van der Waals surface area contributed by atoms with Crippen molar-refractivity contribution in [2.24, 2.45) is 0 Å². The van der Waals surface area contributed by atoms with Crippen LogP contribution in [0.4, 0.5) is 5.69 Å². The third-order valence-corrected chi connectivity index (χ3v) is 7.66. The minimum atomic E-state index is -3.52. The van der Waals surface area contributed by atoms with Crippen LogP contribution in [0.1, 0.15) is 43.2 Å². The molecule has 0 aliphatic carbocycles. The van der Waals surface area contributed by atoms with Gasteiger partial charge in [0.05, 0.1) is 22.0 Å². The maximum absolute atomic E-state index is 12.3. The molecule has 0 bridgehead atoms. The second-order valence-corrected chi connectivity index (χ2v) is 11.2. The minimum absolute atomic E-state index is 0.116. The van der Waals surface area contributed by atoms with Crippen molar-refractivity contribution in [2.45, 2.75) is 45.2 Å². The summed E-state index contributed by atoms with van der Waals surface area (Å²) in [6, 6.07) is 13.0.